The minimum atomic E-state index is 0.0680. The van der Waals surface area contributed by atoms with Crippen LogP contribution in [-0.2, 0) is 0 Å². The normalized spacial score (nSPS) is 13.7. The van der Waals surface area contributed by atoms with Gasteiger partial charge in [0.05, 0.1) is 12.4 Å². The molecule has 0 radical (unpaired) electrons. The average Bonchev–Trinajstić information content (AvgIpc) is 2.53. The van der Waals surface area contributed by atoms with Crippen molar-refractivity contribution in [3.63, 3.8) is 0 Å². The number of benzene rings is 2. The first kappa shape index (κ1) is 16.4. The molecule has 0 fully saturated rings. The Bertz CT molecular complexity index is 591. The standard InChI is InChI=1S/C17H20BrNOS/c1-3-14(19)17(12-8-4-6-10-15(12)20-2)21-16-11-7-5-9-13(16)18/h4-11,14,17H,3,19H2,1-2H3. The lowest BCUT2D eigenvalue weighted by Crippen LogP contribution is -2.26. The van der Waals surface area contributed by atoms with E-state index in [1.807, 2.05) is 30.3 Å². The molecular formula is C17H20BrNOS. The molecule has 2 rings (SSSR count). The Morgan fingerprint density at radius 1 is 1.14 bits per heavy atom. The third-order valence-corrected chi connectivity index (χ3v) is 5.82. The van der Waals surface area contributed by atoms with Crippen LogP contribution < -0.4 is 10.5 Å². The highest BCUT2D eigenvalue weighted by Crippen LogP contribution is 2.43. The first-order valence-electron chi connectivity index (χ1n) is 6.97. The summed E-state index contributed by atoms with van der Waals surface area (Å²) in [4.78, 5) is 1.19. The topological polar surface area (TPSA) is 35.2 Å². The monoisotopic (exact) mass is 365 g/mol. The third-order valence-electron chi connectivity index (χ3n) is 3.40. The fourth-order valence-electron chi connectivity index (χ4n) is 2.17. The van der Waals surface area contributed by atoms with Gasteiger partial charge in [0.1, 0.15) is 5.75 Å². The van der Waals surface area contributed by atoms with E-state index >= 15 is 0 Å². The van der Waals surface area contributed by atoms with Crippen LogP contribution in [0, 0.1) is 0 Å². The van der Waals surface area contributed by atoms with Crippen molar-refractivity contribution in [3.8, 4) is 5.75 Å². The van der Waals surface area contributed by atoms with Crippen molar-refractivity contribution in [2.24, 2.45) is 5.73 Å². The summed E-state index contributed by atoms with van der Waals surface area (Å²) >= 11 is 5.39. The minimum Gasteiger partial charge on any atom is -0.496 e. The van der Waals surface area contributed by atoms with Gasteiger partial charge < -0.3 is 10.5 Å². The first-order valence-corrected chi connectivity index (χ1v) is 8.64. The molecule has 0 heterocycles. The van der Waals surface area contributed by atoms with Crippen LogP contribution in [0.25, 0.3) is 0 Å². The number of para-hydroxylation sites is 1. The Morgan fingerprint density at radius 2 is 1.81 bits per heavy atom. The summed E-state index contributed by atoms with van der Waals surface area (Å²) in [6.45, 7) is 2.12. The molecule has 0 spiro atoms. The van der Waals surface area contributed by atoms with E-state index in [4.69, 9.17) is 10.5 Å². The summed E-state index contributed by atoms with van der Waals surface area (Å²) in [5, 5.41) is 0.157. The molecule has 0 saturated carbocycles. The minimum absolute atomic E-state index is 0.0680. The van der Waals surface area contributed by atoms with E-state index in [0.717, 1.165) is 22.2 Å². The summed E-state index contributed by atoms with van der Waals surface area (Å²) in [6.07, 6.45) is 0.917. The number of ether oxygens (including phenoxy) is 1. The maximum absolute atomic E-state index is 6.38. The highest BCUT2D eigenvalue weighted by Gasteiger charge is 2.23. The van der Waals surface area contributed by atoms with Gasteiger partial charge in [-0.05, 0) is 40.5 Å². The summed E-state index contributed by atoms with van der Waals surface area (Å²) in [5.74, 6) is 0.894. The lowest BCUT2D eigenvalue weighted by Gasteiger charge is -2.25. The van der Waals surface area contributed by atoms with Crippen LogP contribution in [-0.4, -0.2) is 13.2 Å². The third kappa shape index (κ3) is 4.02. The fraction of sp³-hybridized carbons (Fsp3) is 0.294. The Labute approximate surface area is 139 Å². The zero-order chi connectivity index (χ0) is 15.2. The molecule has 0 amide bonds. The molecule has 2 aromatic carbocycles. The van der Waals surface area contributed by atoms with E-state index in [1.54, 1.807) is 18.9 Å². The van der Waals surface area contributed by atoms with Crippen molar-refractivity contribution in [1.82, 2.24) is 0 Å². The SMILES string of the molecule is CCC(N)C(Sc1ccccc1Br)c1ccccc1OC. The van der Waals surface area contributed by atoms with Gasteiger partial charge in [-0.2, -0.15) is 0 Å². The number of methoxy groups -OCH3 is 1. The molecule has 2 unspecified atom stereocenters. The van der Waals surface area contributed by atoms with Gasteiger partial charge in [0.2, 0.25) is 0 Å². The maximum Gasteiger partial charge on any atom is 0.123 e. The Hall–Kier alpha value is -0.970. The van der Waals surface area contributed by atoms with Crippen molar-refractivity contribution in [3.05, 3.63) is 58.6 Å². The van der Waals surface area contributed by atoms with Crippen molar-refractivity contribution in [2.75, 3.05) is 7.11 Å². The van der Waals surface area contributed by atoms with Crippen LogP contribution in [0.4, 0.5) is 0 Å². The fourth-order valence-corrected chi connectivity index (χ4v) is 4.04. The van der Waals surface area contributed by atoms with E-state index in [9.17, 15) is 0 Å². The van der Waals surface area contributed by atoms with Crippen LogP contribution in [0.5, 0.6) is 5.75 Å². The predicted molar refractivity (Wildman–Crippen MR) is 94.0 cm³/mol. The molecule has 0 aromatic heterocycles. The van der Waals surface area contributed by atoms with Crippen LogP contribution in [0.15, 0.2) is 57.9 Å². The lowest BCUT2D eigenvalue weighted by atomic mass is 10.0. The molecule has 0 bridgehead atoms. The van der Waals surface area contributed by atoms with Gasteiger partial charge in [-0.15, -0.1) is 11.8 Å². The van der Waals surface area contributed by atoms with Crippen molar-refractivity contribution >= 4 is 27.7 Å². The van der Waals surface area contributed by atoms with Crippen LogP contribution in [0.2, 0.25) is 0 Å². The summed E-state index contributed by atoms with van der Waals surface area (Å²) in [6, 6.07) is 16.4. The summed E-state index contributed by atoms with van der Waals surface area (Å²) in [5.41, 5.74) is 7.53. The van der Waals surface area contributed by atoms with E-state index < -0.39 is 0 Å². The summed E-state index contributed by atoms with van der Waals surface area (Å²) in [7, 11) is 1.70. The van der Waals surface area contributed by atoms with Gasteiger partial charge >= 0.3 is 0 Å². The van der Waals surface area contributed by atoms with Crippen molar-refractivity contribution < 1.29 is 4.74 Å². The second kappa shape index (κ2) is 7.87. The molecule has 2 aromatic rings. The van der Waals surface area contributed by atoms with E-state index in [1.165, 1.54) is 4.90 Å². The molecule has 21 heavy (non-hydrogen) atoms. The van der Waals surface area contributed by atoms with Gasteiger partial charge in [0.25, 0.3) is 0 Å². The number of nitrogens with two attached hydrogens (primary N) is 1. The number of rotatable bonds is 6. The van der Waals surface area contributed by atoms with Gasteiger partial charge in [0, 0.05) is 21.0 Å². The number of hydrogen-bond donors (Lipinski definition) is 1. The second-order valence-electron chi connectivity index (χ2n) is 4.78. The van der Waals surface area contributed by atoms with Crippen LogP contribution in [0.3, 0.4) is 0 Å². The quantitative estimate of drug-likeness (QED) is 0.729. The van der Waals surface area contributed by atoms with Gasteiger partial charge in [-0.3, -0.25) is 0 Å². The summed E-state index contributed by atoms with van der Waals surface area (Å²) < 4.78 is 6.60. The maximum atomic E-state index is 6.38. The van der Waals surface area contributed by atoms with Crippen molar-refractivity contribution in [2.45, 2.75) is 29.5 Å². The average molecular weight is 366 g/mol. The van der Waals surface area contributed by atoms with Gasteiger partial charge in [-0.25, -0.2) is 0 Å². The zero-order valence-electron chi connectivity index (χ0n) is 12.3. The van der Waals surface area contributed by atoms with Crippen LogP contribution >= 0.6 is 27.7 Å². The molecule has 2 nitrogen and oxygen atoms in total. The molecule has 0 aliphatic heterocycles. The van der Waals surface area contributed by atoms with Gasteiger partial charge in [-0.1, -0.05) is 37.3 Å². The smallest absolute Gasteiger partial charge is 0.123 e. The number of halogens is 1. The highest BCUT2D eigenvalue weighted by atomic mass is 79.9. The van der Waals surface area contributed by atoms with Gasteiger partial charge in [0.15, 0.2) is 0 Å². The highest BCUT2D eigenvalue weighted by molar-refractivity contribution is 9.10. The Morgan fingerprint density at radius 3 is 2.48 bits per heavy atom. The molecule has 0 aliphatic carbocycles. The lowest BCUT2D eigenvalue weighted by molar-refractivity contribution is 0.407. The van der Waals surface area contributed by atoms with Crippen molar-refractivity contribution in [1.29, 1.82) is 0 Å². The molecule has 112 valence electrons. The molecule has 0 aliphatic rings. The van der Waals surface area contributed by atoms with E-state index in [2.05, 4.69) is 41.1 Å². The first-order chi connectivity index (χ1) is 10.2. The Balaban J connectivity index is 2.37. The molecular weight excluding hydrogens is 346 g/mol. The second-order valence-corrected chi connectivity index (χ2v) is 6.82. The van der Waals surface area contributed by atoms with E-state index in [-0.39, 0.29) is 11.3 Å². The largest absolute Gasteiger partial charge is 0.496 e. The number of thioether (sulfide) groups is 1. The predicted octanol–water partition coefficient (Wildman–Crippen LogP) is 5.03. The molecule has 2 atom stereocenters. The van der Waals surface area contributed by atoms with Crippen LogP contribution in [0.1, 0.15) is 24.2 Å². The van der Waals surface area contributed by atoms with E-state index in [0.29, 0.717) is 0 Å². The molecule has 2 N–H and O–H groups in total. The zero-order valence-corrected chi connectivity index (χ0v) is 14.7. The Kier molecular flexibility index (Phi) is 6.15. The number of hydrogen-bond acceptors (Lipinski definition) is 3. The molecule has 4 heteroatoms. The molecule has 0 saturated heterocycles.